The summed E-state index contributed by atoms with van der Waals surface area (Å²) in [5.41, 5.74) is -0.265. The summed E-state index contributed by atoms with van der Waals surface area (Å²) in [4.78, 5) is 14.6. The third kappa shape index (κ3) is 2.63. The van der Waals surface area contributed by atoms with Gasteiger partial charge >= 0.3 is 5.97 Å². The summed E-state index contributed by atoms with van der Waals surface area (Å²) in [7, 11) is 0. The molecule has 0 aliphatic carbocycles. The van der Waals surface area contributed by atoms with Crippen LogP contribution in [0.4, 0.5) is 8.78 Å². The molecule has 0 aliphatic heterocycles. The van der Waals surface area contributed by atoms with E-state index in [1.807, 2.05) is 0 Å². The molecule has 0 amide bonds. The van der Waals surface area contributed by atoms with Gasteiger partial charge in [0, 0.05) is 15.1 Å². The summed E-state index contributed by atoms with van der Waals surface area (Å²) in [5.74, 6) is -1.25. The minimum absolute atomic E-state index is 0.0413. The number of aromatic carboxylic acids is 1. The van der Waals surface area contributed by atoms with E-state index in [-0.39, 0.29) is 25.7 Å². The van der Waals surface area contributed by atoms with Gasteiger partial charge in [-0.2, -0.15) is 0 Å². The second-order valence-electron chi connectivity index (χ2n) is 2.59. The van der Waals surface area contributed by atoms with E-state index in [0.29, 0.717) is 0 Å². The molecule has 0 aromatic carbocycles. The van der Waals surface area contributed by atoms with Gasteiger partial charge in [-0.25, -0.2) is 13.6 Å². The number of carboxylic acid groups (broad SMARTS) is 1. The predicted octanol–water partition coefficient (Wildman–Crippen LogP) is 3.22. The molecule has 1 heterocycles. The van der Waals surface area contributed by atoms with Crippen LogP contribution in [0, 0.1) is 3.57 Å². The van der Waals surface area contributed by atoms with Crippen molar-refractivity contribution < 1.29 is 18.7 Å². The molecule has 0 aliphatic rings. The van der Waals surface area contributed by atoms with Gasteiger partial charge in [0.05, 0.1) is 16.8 Å². The van der Waals surface area contributed by atoms with Gasteiger partial charge in [-0.1, -0.05) is 15.9 Å². The Bertz CT molecular complexity index is 400. The Morgan fingerprint density at radius 2 is 2.27 bits per heavy atom. The standard InChI is InChI=1S/C8H5BrF2INO2/c9-1-4-5(8(14)15)6(12)3(2-13-4)7(10)11/h2,7H,1H2,(H,14,15). The third-order valence-electron chi connectivity index (χ3n) is 1.70. The first kappa shape index (κ1) is 12.8. The van der Waals surface area contributed by atoms with Gasteiger partial charge in [0.25, 0.3) is 6.43 Å². The van der Waals surface area contributed by atoms with Gasteiger partial charge in [-0.05, 0) is 22.6 Å². The summed E-state index contributed by atoms with van der Waals surface area (Å²) in [5, 5.41) is 9.09. The molecule has 0 bridgehead atoms. The van der Waals surface area contributed by atoms with Gasteiger partial charge in [-0.3, -0.25) is 4.98 Å². The maximum Gasteiger partial charge on any atom is 0.338 e. The zero-order valence-corrected chi connectivity index (χ0v) is 10.9. The highest BCUT2D eigenvalue weighted by Crippen LogP contribution is 2.28. The zero-order chi connectivity index (χ0) is 11.6. The number of pyridine rings is 1. The van der Waals surface area contributed by atoms with Crippen molar-refractivity contribution in [2.45, 2.75) is 11.8 Å². The minimum Gasteiger partial charge on any atom is -0.478 e. The van der Waals surface area contributed by atoms with Crippen LogP contribution < -0.4 is 0 Å². The van der Waals surface area contributed by atoms with E-state index in [1.165, 1.54) is 0 Å². The number of hydrogen-bond donors (Lipinski definition) is 1. The average molecular weight is 392 g/mol. The molecule has 7 heteroatoms. The Hall–Kier alpha value is -0.310. The van der Waals surface area contributed by atoms with Crippen molar-refractivity contribution >= 4 is 44.5 Å². The van der Waals surface area contributed by atoms with Crippen LogP contribution in [-0.4, -0.2) is 16.1 Å². The Morgan fingerprint density at radius 3 is 2.67 bits per heavy atom. The quantitative estimate of drug-likeness (QED) is 0.635. The number of carboxylic acids is 1. The van der Waals surface area contributed by atoms with Crippen LogP contribution in [0.3, 0.4) is 0 Å². The molecule has 1 aromatic heterocycles. The van der Waals surface area contributed by atoms with Crippen molar-refractivity contribution in [3.05, 3.63) is 26.6 Å². The van der Waals surface area contributed by atoms with Gasteiger partial charge in [0.15, 0.2) is 0 Å². The van der Waals surface area contributed by atoms with Crippen LogP contribution in [0.15, 0.2) is 6.20 Å². The molecule has 0 saturated carbocycles. The summed E-state index contributed by atoms with van der Waals surface area (Å²) >= 11 is 4.65. The van der Waals surface area contributed by atoms with Gasteiger partial charge in [0.1, 0.15) is 0 Å². The fourth-order valence-electron chi connectivity index (χ4n) is 1.01. The van der Waals surface area contributed by atoms with Crippen LogP contribution in [0.25, 0.3) is 0 Å². The Morgan fingerprint density at radius 1 is 1.67 bits per heavy atom. The number of alkyl halides is 3. The van der Waals surface area contributed by atoms with Gasteiger partial charge in [0.2, 0.25) is 0 Å². The summed E-state index contributed by atoms with van der Waals surface area (Å²) in [6.07, 6.45) is -1.71. The van der Waals surface area contributed by atoms with E-state index < -0.39 is 12.4 Å². The van der Waals surface area contributed by atoms with Crippen LogP contribution in [-0.2, 0) is 5.33 Å². The minimum atomic E-state index is -2.72. The fraction of sp³-hybridized carbons (Fsp3) is 0.250. The SMILES string of the molecule is O=C(O)c1c(CBr)ncc(C(F)F)c1I. The van der Waals surface area contributed by atoms with E-state index in [2.05, 4.69) is 20.9 Å². The molecule has 0 saturated heterocycles. The van der Waals surface area contributed by atoms with Crippen molar-refractivity contribution in [3.8, 4) is 0 Å². The first-order chi connectivity index (χ1) is 6.99. The lowest BCUT2D eigenvalue weighted by atomic mass is 10.1. The zero-order valence-electron chi connectivity index (χ0n) is 7.18. The highest BCUT2D eigenvalue weighted by molar-refractivity contribution is 14.1. The largest absolute Gasteiger partial charge is 0.478 e. The van der Waals surface area contributed by atoms with E-state index >= 15 is 0 Å². The molecule has 0 atom stereocenters. The number of halogens is 4. The number of nitrogens with zero attached hydrogens (tertiary/aromatic N) is 1. The van der Waals surface area contributed by atoms with Gasteiger partial charge < -0.3 is 5.11 Å². The number of carbonyl (C=O) groups is 1. The molecule has 0 radical (unpaired) electrons. The van der Waals surface area contributed by atoms with E-state index in [1.54, 1.807) is 22.6 Å². The maximum absolute atomic E-state index is 12.5. The lowest BCUT2D eigenvalue weighted by Gasteiger charge is -2.09. The smallest absolute Gasteiger partial charge is 0.338 e. The van der Waals surface area contributed by atoms with E-state index in [0.717, 1.165) is 6.20 Å². The highest BCUT2D eigenvalue weighted by Gasteiger charge is 2.22. The van der Waals surface area contributed by atoms with Crippen LogP contribution in [0.5, 0.6) is 0 Å². The second kappa shape index (κ2) is 5.15. The third-order valence-corrected chi connectivity index (χ3v) is 3.39. The maximum atomic E-state index is 12.5. The van der Waals surface area contributed by atoms with Crippen LogP contribution >= 0.6 is 38.5 Å². The molecule has 0 unspecified atom stereocenters. The fourth-order valence-corrected chi connectivity index (χ4v) is 2.35. The molecule has 15 heavy (non-hydrogen) atoms. The molecular weight excluding hydrogens is 387 g/mol. The molecule has 1 N–H and O–H groups in total. The van der Waals surface area contributed by atoms with Crippen LogP contribution in [0.2, 0.25) is 0 Å². The monoisotopic (exact) mass is 391 g/mol. The second-order valence-corrected chi connectivity index (χ2v) is 4.23. The molecule has 1 rings (SSSR count). The summed E-state index contributed by atoms with van der Waals surface area (Å²) in [6, 6.07) is 0. The Kier molecular flexibility index (Phi) is 4.38. The highest BCUT2D eigenvalue weighted by atomic mass is 127. The first-order valence-electron chi connectivity index (χ1n) is 3.73. The molecular formula is C8H5BrF2INO2. The van der Waals surface area contributed by atoms with Crippen molar-refractivity contribution in [3.63, 3.8) is 0 Å². The Balaban J connectivity index is 3.42. The van der Waals surface area contributed by atoms with Gasteiger partial charge in [-0.15, -0.1) is 0 Å². The topological polar surface area (TPSA) is 50.2 Å². The number of aromatic nitrogens is 1. The lowest BCUT2D eigenvalue weighted by molar-refractivity contribution is 0.0693. The van der Waals surface area contributed by atoms with E-state index in [9.17, 15) is 13.6 Å². The van der Waals surface area contributed by atoms with Crippen molar-refractivity contribution in [2.24, 2.45) is 0 Å². The molecule has 82 valence electrons. The first-order valence-corrected chi connectivity index (χ1v) is 5.93. The van der Waals surface area contributed by atoms with E-state index in [4.69, 9.17) is 5.11 Å². The summed E-state index contributed by atoms with van der Waals surface area (Å²) < 4.78 is 25.0. The summed E-state index contributed by atoms with van der Waals surface area (Å²) in [6.45, 7) is 0. The Labute approximate surface area is 106 Å². The molecule has 0 fully saturated rings. The van der Waals surface area contributed by atoms with Crippen molar-refractivity contribution in [1.82, 2.24) is 4.98 Å². The molecule has 1 aromatic rings. The molecule has 3 nitrogen and oxygen atoms in total. The van der Waals surface area contributed by atoms with Crippen molar-refractivity contribution in [2.75, 3.05) is 0 Å². The normalized spacial score (nSPS) is 10.7. The number of rotatable bonds is 3. The lowest BCUT2D eigenvalue weighted by Crippen LogP contribution is -2.09. The van der Waals surface area contributed by atoms with Crippen LogP contribution in [0.1, 0.15) is 28.0 Å². The van der Waals surface area contributed by atoms with Crippen molar-refractivity contribution in [1.29, 1.82) is 0 Å². The number of hydrogen-bond acceptors (Lipinski definition) is 2. The molecule has 0 spiro atoms. The predicted molar refractivity (Wildman–Crippen MR) is 61.5 cm³/mol. The average Bonchev–Trinajstić information content (AvgIpc) is 2.15.